The maximum Gasteiger partial charge on any atom is 0.0402 e. The van der Waals surface area contributed by atoms with Crippen molar-refractivity contribution in [3.63, 3.8) is 0 Å². The molecule has 0 spiro atoms. The highest BCUT2D eigenvalue weighted by Crippen LogP contribution is 2.32. The molecule has 3 rings (SSSR count). The van der Waals surface area contributed by atoms with E-state index in [4.69, 9.17) is 0 Å². The van der Waals surface area contributed by atoms with Crippen LogP contribution in [-0.2, 0) is 6.42 Å². The molecule has 0 bridgehead atoms. The second kappa shape index (κ2) is 6.62. The molecule has 106 valence electrons. The highest BCUT2D eigenvalue weighted by molar-refractivity contribution is 5.85. The van der Waals surface area contributed by atoms with Crippen LogP contribution in [0.1, 0.15) is 31.7 Å². The molecule has 1 fully saturated rings. The van der Waals surface area contributed by atoms with Gasteiger partial charge in [-0.1, -0.05) is 18.2 Å². The Bertz CT molecular complexity index is 401. The molecule has 0 aromatic heterocycles. The van der Waals surface area contributed by atoms with Crippen LogP contribution in [0.2, 0.25) is 0 Å². The van der Waals surface area contributed by atoms with E-state index >= 15 is 0 Å². The summed E-state index contributed by atoms with van der Waals surface area (Å²) < 4.78 is 0. The molecular formula is C16H25ClN2. The molecule has 19 heavy (non-hydrogen) atoms. The number of fused-ring (bicyclic) bond motifs is 1. The lowest BCUT2D eigenvalue weighted by Crippen LogP contribution is -2.34. The molecule has 0 aliphatic carbocycles. The van der Waals surface area contributed by atoms with Gasteiger partial charge in [0, 0.05) is 18.3 Å². The summed E-state index contributed by atoms with van der Waals surface area (Å²) in [5.74, 6) is 0.936. The van der Waals surface area contributed by atoms with Crippen LogP contribution in [0.5, 0.6) is 0 Å². The smallest absolute Gasteiger partial charge is 0.0402 e. The van der Waals surface area contributed by atoms with Crippen molar-refractivity contribution in [2.45, 2.75) is 38.6 Å². The number of nitrogens with zero attached hydrogens (tertiary/aromatic N) is 1. The number of hydrogen-bond donors (Lipinski definition) is 1. The third-order valence-electron chi connectivity index (χ3n) is 4.59. The van der Waals surface area contributed by atoms with Gasteiger partial charge in [0.05, 0.1) is 0 Å². The molecule has 1 aromatic carbocycles. The molecule has 0 saturated carbocycles. The van der Waals surface area contributed by atoms with Crippen molar-refractivity contribution in [1.82, 2.24) is 5.32 Å². The number of rotatable bonds is 3. The van der Waals surface area contributed by atoms with Gasteiger partial charge in [0.15, 0.2) is 0 Å². The number of hydrogen-bond acceptors (Lipinski definition) is 2. The minimum atomic E-state index is 0. The first-order valence-corrected chi connectivity index (χ1v) is 7.40. The standard InChI is InChI=1S/C16H24N2.ClH/c1-13-12-15-4-2-3-5-16(15)18(13)11-8-14-6-9-17-10-7-14;/h2-5,13-14,17H,6-12H2,1H3;1H. The van der Waals surface area contributed by atoms with Gasteiger partial charge in [-0.15, -0.1) is 12.4 Å². The fraction of sp³-hybridized carbons (Fsp3) is 0.625. The predicted octanol–water partition coefficient (Wildman–Crippen LogP) is 3.25. The number of para-hydroxylation sites is 1. The average Bonchev–Trinajstić information content (AvgIpc) is 2.73. The highest BCUT2D eigenvalue weighted by atomic mass is 35.5. The third-order valence-corrected chi connectivity index (χ3v) is 4.59. The number of halogens is 1. The van der Waals surface area contributed by atoms with Gasteiger partial charge in [0.2, 0.25) is 0 Å². The van der Waals surface area contributed by atoms with E-state index in [-0.39, 0.29) is 12.4 Å². The molecule has 0 amide bonds. The van der Waals surface area contributed by atoms with Crippen LogP contribution in [-0.4, -0.2) is 25.7 Å². The van der Waals surface area contributed by atoms with E-state index in [9.17, 15) is 0 Å². The Hall–Kier alpha value is -0.730. The molecule has 1 aromatic rings. The number of benzene rings is 1. The molecule has 1 saturated heterocycles. The van der Waals surface area contributed by atoms with E-state index < -0.39 is 0 Å². The van der Waals surface area contributed by atoms with Gasteiger partial charge in [-0.05, 0) is 63.2 Å². The first-order valence-electron chi connectivity index (χ1n) is 7.40. The lowest BCUT2D eigenvalue weighted by Gasteiger charge is -2.29. The molecule has 1 atom stereocenters. The molecule has 1 unspecified atom stereocenters. The largest absolute Gasteiger partial charge is 0.368 e. The average molecular weight is 281 g/mol. The van der Waals surface area contributed by atoms with Crippen LogP contribution >= 0.6 is 12.4 Å². The minimum Gasteiger partial charge on any atom is -0.368 e. The fourth-order valence-electron chi connectivity index (χ4n) is 3.46. The van der Waals surface area contributed by atoms with Gasteiger partial charge >= 0.3 is 0 Å². The summed E-state index contributed by atoms with van der Waals surface area (Å²) in [4.78, 5) is 2.62. The minimum absolute atomic E-state index is 0. The fourth-order valence-corrected chi connectivity index (χ4v) is 3.46. The van der Waals surface area contributed by atoms with Gasteiger partial charge in [0.1, 0.15) is 0 Å². The zero-order chi connectivity index (χ0) is 12.4. The Morgan fingerprint density at radius 1 is 1.21 bits per heavy atom. The summed E-state index contributed by atoms with van der Waals surface area (Å²) in [6.07, 6.45) is 5.32. The quantitative estimate of drug-likeness (QED) is 0.914. The molecule has 2 heterocycles. The molecule has 3 heteroatoms. The van der Waals surface area contributed by atoms with E-state index in [1.807, 2.05) is 0 Å². The number of anilines is 1. The van der Waals surface area contributed by atoms with Gasteiger partial charge in [-0.3, -0.25) is 0 Å². The maximum absolute atomic E-state index is 3.45. The van der Waals surface area contributed by atoms with E-state index in [0.717, 1.165) is 5.92 Å². The van der Waals surface area contributed by atoms with Crippen molar-refractivity contribution in [2.24, 2.45) is 5.92 Å². The molecule has 1 N–H and O–H groups in total. The summed E-state index contributed by atoms with van der Waals surface area (Å²) in [5, 5.41) is 3.45. The van der Waals surface area contributed by atoms with E-state index in [0.29, 0.717) is 6.04 Å². The predicted molar refractivity (Wildman–Crippen MR) is 84.4 cm³/mol. The van der Waals surface area contributed by atoms with E-state index in [1.165, 1.54) is 56.6 Å². The lowest BCUT2D eigenvalue weighted by molar-refractivity contribution is 0.353. The van der Waals surface area contributed by atoms with Gasteiger partial charge in [0.25, 0.3) is 0 Å². The van der Waals surface area contributed by atoms with Crippen LogP contribution in [0.3, 0.4) is 0 Å². The summed E-state index contributed by atoms with van der Waals surface area (Å²) in [7, 11) is 0. The monoisotopic (exact) mass is 280 g/mol. The normalized spacial score (nSPS) is 23.0. The van der Waals surface area contributed by atoms with Crippen LogP contribution in [0.4, 0.5) is 5.69 Å². The summed E-state index contributed by atoms with van der Waals surface area (Å²) in [6.45, 7) is 6.04. The van der Waals surface area contributed by atoms with Crippen LogP contribution in [0.25, 0.3) is 0 Å². The van der Waals surface area contributed by atoms with Gasteiger partial charge < -0.3 is 10.2 Å². The zero-order valence-corrected chi connectivity index (χ0v) is 12.6. The molecule has 0 radical (unpaired) electrons. The first kappa shape index (κ1) is 14.7. The van der Waals surface area contributed by atoms with Crippen molar-refractivity contribution >= 4 is 18.1 Å². The van der Waals surface area contributed by atoms with E-state index in [2.05, 4.69) is 41.4 Å². The topological polar surface area (TPSA) is 15.3 Å². The highest BCUT2D eigenvalue weighted by Gasteiger charge is 2.25. The van der Waals surface area contributed by atoms with Crippen molar-refractivity contribution in [2.75, 3.05) is 24.5 Å². The van der Waals surface area contributed by atoms with Gasteiger partial charge in [-0.25, -0.2) is 0 Å². The number of piperidine rings is 1. The molecule has 2 aliphatic heterocycles. The third kappa shape index (κ3) is 3.24. The van der Waals surface area contributed by atoms with Crippen molar-refractivity contribution in [1.29, 1.82) is 0 Å². The Labute approximate surface area is 123 Å². The van der Waals surface area contributed by atoms with Crippen LogP contribution in [0.15, 0.2) is 24.3 Å². The second-order valence-corrected chi connectivity index (χ2v) is 5.86. The summed E-state index contributed by atoms with van der Waals surface area (Å²) in [5.41, 5.74) is 3.02. The first-order chi connectivity index (χ1) is 8.84. The SMILES string of the molecule is CC1Cc2ccccc2N1CCC1CCNCC1.Cl. The Morgan fingerprint density at radius 2 is 1.95 bits per heavy atom. The second-order valence-electron chi connectivity index (χ2n) is 5.86. The van der Waals surface area contributed by atoms with E-state index in [1.54, 1.807) is 0 Å². The lowest BCUT2D eigenvalue weighted by atomic mass is 9.94. The molecule has 2 nitrogen and oxygen atoms in total. The molecular weight excluding hydrogens is 256 g/mol. The zero-order valence-electron chi connectivity index (χ0n) is 11.8. The maximum atomic E-state index is 3.45. The summed E-state index contributed by atoms with van der Waals surface area (Å²) >= 11 is 0. The Morgan fingerprint density at radius 3 is 2.74 bits per heavy atom. The van der Waals surface area contributed by atoms with Crippen LogP contribution < -0.4 is 10.2 Å². The van der Waals surface area contributed by atoms with Crippen LogP contribution in [0, 0.1) is 5.92 Å². The van der Waals surface area contributed by atoms with Gasteiger partial charge in [-0.2, -0.15) is 0 Å². The number of nitrogens with one attached hydrogen (secondary N) is 1. The van der Waals surface area contributed by atoms with Crippen molar-refractivity contribution in [3.05, 3.63) is 29.8 Å². The Balaban J connectivity index is 0.00000133. The summed E-state index contributed by atoms with van der Waals surface area (Å²) in [6, 6.07) is 9.61. The van der Waals surface area contributed by atoms with Crippen molar-refractivity contribution in [3.8, 4) is 0 Å². The molecule has 2 aliphatic rings. The Kier molecular flexibility index (Phi) is 5.12. The van der Waals surface area contributed by atoms with Crippen molar-refractivity contribution < 1.29 is 0 Å².